The van der Waals surface area contributed by atoms with Gasteiger partial charge in [0, 0.05) is 0 Å². The zero-order chi connectivity index (χ0) is 20.7. The summed E-state index contributed by atoms with van der Waals surface area (Å²) < 4.78 is 0. The third-order valence-electron chi connectivity index (χ3n) is 5.06. The molecule has 0 aromatic heterocycles. The molecule has 0 saturated carbocycles. The van der Waals surface area contributed by atoms with E-state index >= 15 is 0 Å². The van der Waals surface area contributed by atoms with Gasteiger partial charge in [0.25, 0.3) is 0 Å². The Morgan fingerprint density at radius 3 is 0.931 bits per heavy atom. The van der Waals surface area contributed by atoms with E-state index in [2.05, 4.69) is 18.2 Å². The summed E-state index contributed by atoms with van der Waals surface area (Å²) in [4.78, 5) is 0. The molecule has 1 N–H and O–H groups in total. The molecule has 29 heavy (non-hydrogen) atoms. The first kappa shape index (κ1) is 20.6. The molecule has 146 valence electrons. The van der Waals surface area contributed by atoms with Crippen LogP contribution in [0, 0.1) is 0 Å². The van der Waals surface area contributed by atoms with Gasteiger partial charge in [-0.1, -0.05) is 109 Å². The average molecular weight is 381 g/mol. The van der Waals surface area contributed by atoms with E-state index in [1.807, 2.05) is 112 Å². The molecule has 0 aliphatic heterocycles. The number of benzene rings is 3. The van der Waals surface area contributed by atoms with Gasteiger partial charge >= 0.3 is 0 Å². The second-order valence-electron chi connectivity index (χ2n) is 7.08. The maximum atomic E-state index is 12.0. The first-order valence-corrected chi connectivity index (χ1v) is 10.0. The van der Waals surface area contributed by atoms with Crippen molar-refractivity contribution in [3.63, 3.8) is 0 Å². The molecule has 0 heterocycles. The zero-order valence-electron chi connectivity index (χ0n) is 17.3. The van der Waals surface area contributed by atoms with Crippen molar-refractivity contribution in [2.75, 3.05) is 0 Å². The van der Waals surface area contributed by atoms with Crippen molar-refractivity contribution in [3.05, 3.63) is 124 Å². The average Bonchev–Trinajstić information content (AvgIpc) is 2.75. The van der Waals surface area contributed by atoms with Crippen LogP contribution in [0.25, 0.3) is 18.2 Å². The van der Waals surface area contributed by atoms with E-state index in [1.54, 1.807) is 0 Å². The van der Waals surface area contributed by atoms with Gasteiger partial charge in [0.15, 0.2) is 0 Å². The maximum absolute atomic E-state index is 12.0. The topological polar surface area (TPSA) is 20.2 Å². The van der Waals surface area contributed by atoms with Gasteiger partial charge in [-0.05, 0) is 54.2 Å². The van der Waals surface area contributed by atoms with Crippen LogP contribution in [0.3, 0.4) is 0 Å². The van der Waals surface area contributed by atoms with Crippen LogP contribution in [0.4, 0.5) is 0 Å². The van der Waals surface area contributed by atoms with Crippen molar-refractivity contribution in [2.45, 2.75) is 26.4 Å². The lowest BCUT2D eigenvalue weighted by molar-refractivity contribution is 0.125. The summed E-state index contributed by atoms with van der Waals surface area (Å²) in [6.45, 7) is 6.01. The summed E-state index contributed by atoms with van der Waals surface area (Å²) in [6.07, 6.45) is 12.2. The fourth-order valence-corrected chi connectivity index (χ4v) is 3.58. The predicted molar refractivity (Wildman–Crippen MR) is 126 cm³/mol. The Kier molecular flexibility index (Phi) is 6.64. The lowest BCUT2D eigenvalue weighted by Gasteiger charge is -2.30. The molecule has 0 unspecified atom stereocenters. The summed E-state index contributed by atoms with van der Waals surface area (Å²) in [5.74, 6) is 0. The quantitative estimate of drug-likeness (QED) is 0.453. The highest BCUT2D eigenvalue weighted by molar-refractivity contribution is 5.57. The number of aliphatic hydroxyl groups is 1. The zero-order valence-corrected chi connectivity index (χ0v) is 17.3. The van der Waals surface area contributed by atoms with Crippen molar-refractivity contribution < 1.29 is 5.11 Å². The predicted octanol–water partition coefficient (Wildman–Crippen LogP) is 7.07. The monoisotopic (exact) mass is 380 g/mol. The van der Waals surface area contributed by atoms with E-state index in [-0.39, 0.29) is 0 Å². The van der Waals surface area contributed by atoms with Gasteiger partial charge < -0.3 is 5.11 Å². The molecule has 3 rings (SSSR count). The fraction of sp³-hybridized carbons (Fsp3) is 0.143. The molecule has 0 aliphatic rings. The molecule has 0 atom stereocenters. The van der Waals surface area contributed by atoms with Crippen LogP contribution in [0.5, 0.6) is 0 Å². The molecule has 0 bridgehead atoms. The number of rotatable bonds is 6. The van der Waals surface area contributed by atoms with Crippen molar-refractivity contribution in [2.24, 2.45) is 0 Å². The van der Waals surface area contributed by atoms with Crippen LogP contribution in [0.2, 0.25) is 0 Å². The normalized spacial score (nSPS) is 14.1. The van der Waals surface area contributed by atoms with Crippen LogP contribution in [0.1, 0.15) is 54.2 Å². The third kappa shape index (κ3) is 4.47. The molecule has 1 heteroatoms. The summed E-state index contributed by atoms with van der Waals surface area (Å²) in [5.41, 5.74) is 4.67. The van der Waals surface area contributed by atoms with E-state index in [0.29, 0.717) is 0 Å². The summed E-state index contributed by atoms with van der Waals surface area (Å²) in [6, 6.07) is 24.3. The summed E-state index contributed by atoms with van der Waals surface area (Å²) in [5, 5.41) is 12.0. The molecule has 0 fully saturated rings. The van der Waals surface area contributed by atoms with E-state index in [4.69, 9.17) is 0 Å². The van der Waals surface area contributed by atoms with E-state index in [9.17, 15) is 5.11 Å². The van der Waals surface area contributed by atoms with E-state index < -0.39 is 5.60 Å². The first-order chi connectivity index (χ1) is 14.1. The van der Waals surface area contributed by atoms with Crippen molar-refractivity contribution in [3.8, 4) is 0 Å². The molecule has 0 amide bonds. The molecule has 3 aromatic carbocycles. The Morgan fingerprint density at radius 1 is 0.483 bits per heavy atom. The Morgan fingerprint density at radius 2 is 0.724 bits per heavy atom. The largest absolute Gasteiger partial charge is 0.376 e. The minimum Gasteiger partial charge on any atom is -0.376 e. The van der Waals surface area contributed by atoms with E-state index in [0.717, 1.165) is 33.4 Å². The van der Waals surface area contributed by atoms with Crippen LogP contribution in [-0.2, 0) is 5.60 Å². The van der Waals surface area contributed by atoms with Crippen molar-refractivity contribution >= 4 is 18.2 Å². The Hall–Kier alpha value is -3.16. The van der Waals surface area contributed by atoms with Gasteiger partial charge in [0.2, 0.25) is 0 Å². The molecule has 0 aliphatic carbocycles. The SMILES string of the molecule is CC=Cc1ccc(C(O)(c2ccc(C=CC)cc2)c2ccc(C=CC)cc2)cc1. The van der Waals surface area contributed by atoms with Gasteiger partial charge in [0.1, 0.15) is 5.60 Å². The minimum atomic E-state index is -1.22. The minimum absolute atomic E-state index is 0.850. The van der Waals surface area contributed by atoms with Crippen LogP contribution < -0.4 is 0 Å². The molecule has 0 radical (unpaired) electrons. The first-order valence-electron chi connectivity index (χ1n) is 10.0. The Balaban J connectivity index is 2.13. The molecule has 0 spiro atoms. The molecule has 1 nitrogen and oxygen atoms in total. The number of hydrogen-bond donors (Lipinski definition) is 1. The fourth-order valence-electron chi connectivity index (χ4n) is 3.58. The van der Waals surface area contributed by atoms with Crippen molar-refractivity contribution in [1.29, 1.82) is 0 Å². The van der Waals surface area contributed by atoms with Gasteiger partial charge in [-0.3, -0.25) is 0 Å². The van der Waals surface area contributed by atoms with Crippen molar-refractivity contribution in [1.82, 2.24) is 0 Å². The molecule has 0 saturated heterocycles. The Labute approximate surface area is 174 Å². The number of hydrogen-bond acceptors (Lipinski definition) is 1. The smallest absolute Gasteiger partial charge is 0.140 e. The number of allylic oxidation sites excluding steroid dienone is 3. The molecular weight excluding hydrogens is 352 g/mol. The molecular formula is C28H28O. The second-order valence-corrected chi connectivity index (χ2v) is 7.08. The molecule has 3 aromatic rings. The van der Waals surface area contributed by atoms with Gasteiger partial charge in [-0.25, -0.2) is 0 Å². The van der Waals surface area contributed by atoms with Crippen LogP contribution in [-0.4, -0.2) is 5.11 Å². The lowest BCUT2D eigenvalue weighted by atomic mass is 9.79. The third-order valence-corrected chi connectivity index (χ3v) is 5.06. The second kappa shape index (κ2) is 9.36. The van der Waals surface area contributed by atoms with E-state index in [1.165, 1.54) is 0 Å². The summed E-state index contributed by atoms with van der Waals surface area (Å²) >= 11 is 0. The highest BCUT2D eigenvalue weighted by Crippen LogP contribution is 2.37. The maximum Gasteiger partial charge on any atom is 0.140 e. The van der Waals surface area contributed by atoms with Gasteiger partial charge in [-0.2, -0.15) is 0 Å². The standard InChI is InChI=1S/C28H28O/c1-4-7-22-10-16-25(17-11-22)28(29,26-18-12-23(8-5-2)13-19-26)27-20-14-24(9-6-3)15-21-27/h4-21,29H,1-3H3. The van der Waals surface area contributed by atoms with Gasteiger partial charge in [-0.15, -0.1) is 0 Å². The van der Waals surface area contributed by atoms with Crippen LogP contribution >= 0.6 is 0 Å². The highest BCUT2D eigenvalue weighted by atomic mass is 16.3. The summed E-state index contributed by atoms with van der Waals surface area (Å²) in [7, 11) is 0. The highest BCUT2D eigenvalue weighted by Gasteiger charge is 2.33. The van der Waals surface area contributed by atoms with Gasteiger partial charge in [0.05, 0.1) is 0 Å². The van der Waals surface area contributed by atoms with Crippen LogP contribution in [0.15, 0.2) is 91.0 Å². The Bertz CT molecular complexity index is 867. The lowest BCUT2D eigenvalue weighted by Crippen LogP contribution is -2.28.